The number of rotatable bonds is 5. The molecule has 2 atom stereocenters. The van der Waals surface area contributed by atoms with Gasteiger partial charge in [0.25, 0.3) is 0 Å². The van der Waals surface area contributed by atoms with Gasteiger partial charge in [-0.3, -0.25) is 9.98 Å². The normalized spacial score (nSPS) is 22.2. The van der Waals surface area contributed by atoms with Gasteiger partial charge in [-0.1, -0.05) is 6.92 Å². The lowest BCUT2D eigenvalue weighted by Gasteiger charge is -2.11. The lowest BCUT2D eigenvalue weighted by atomic mass is 10.1. The molecule has 4 heteroatoms. The summed E-state index contributed by atoms with van der Waals surface area (Å²) in [6.45, 7) is 8.17. The van der Waals surface area contributed by atoms with Crippen LogP contribution in [0.2, 0.25) is 0 Å². The molecule has 1 saturated carbocycles. The molecule has 104 valence electrons. The Morgan fingerprint density at radius 3 is 2.95 bits per heavy atom. The van der Waals surface area contributed by atoms with Crippen LogP contribution in [-0.2, 0) is 6.42 Å². The zero-order chi connectivity index (χ0) is 13.7. The highest BCUT2D eigenvalue weighted by Gasteiger charge is 2.33. The minimum Gasteiger partial charge on any atom is -0.357 e. The van der Waals surface area contributed by atoms with Crippen LogP contribution >= 0.6 is 0 Å². The van der Waals surface area contributed by atoms with Crippen LogP contribution in [0.5, 0.6) is 0 Å². The van der Waals surface area contributed by atoms with Crippen molar-refractivity contribution in [1.82, 2.24) is 15.6 Å². The summed E-state index contributed by atoms with van der Waals surface area (Å²) in [5, 5.41) is 6.77. The summed E-state index contributed by atoms with van der Waals surface area (Å²) in [6.07, 6.45) is 5.98. The van der Waals surface area contributed by atoms with E-state index in [1.165, 1.54) is 17.5 Å². The van der Waals surface area contributed by atoms with Crippen LogP contribution in [0.4, 0.5) is 0 Å². The molecule has 1 aromatic heterocycles. The number of pyridine rings is 1. The molecule has 4 nitrogen and oxygen atoms in total. The van der Waals surface area contributed by atoms with Crippen LogP contribution in [0.15, 0.2) is 23.5 Å². The fourth-order valence-electron chi connectivity index (χ4n) is 2.09. The number of aliphatic imine (C=N–C) groups is 1. The summed E-state index contributed by atoms with van der Waals surface area (Å²) in [4.78, 5) is 8.75. The SMILES string of the molecule is CCNC(=NCCc1ccncc1C)NC1CC1C. The summed E-state index contributed by atoms with van der Waals surface area (Å²) in [5.41, 5.74) is 2.57. The van der Waals surface area contributed by atoms with Gasteiger partial charge >= 0.3 is 0 Å². The number of nitrogens with zero attached hydrogens (tertiary/aromatic N) is 2. The van der Waals surface area contributed by atoms with Crippen LogP contribution in [0, 0.1) is 12.8 Å². The van der Waals surface area contributed by atoms with Crippen molar-refractivity contribution < 1.29 is 0 Å². The first kappa shape index (κ1) is 13.8. The number of aryl methyl sites for hydroxylation is 1. The second-order valence-corrected chi connectivity index (χ2v) is 5.28. The third-order valence-corrected chi connectivity index (χ3v) is 3.56. The highest BCUT2D eigenvalue weighted by Crippen LogP contribution is 2.28. The van der Waals surface area contributed by atoms with E-state index in [9.17, 15) is 0 Å². The smallest absolute Gasteiger partial charge is 0.191 e. The number of hydrogen-bond donors (Lipinski definition) is 2. The molecule has 1 heterocycles. The van der Waals surface area contributed by atoms with Gasteiger partial charge in [-0.05, 0) is 49.8 Å². The van der Waals surface area contributed by atoms with E-state index in [4.69, 9.17) is 0 Å². The highest BCUT2D eigenvalue weighted by atomic mass is 15.2. The van der Waals surface area contributed by atoms with Gasteiger partial charge in [0.2, 0.25) is 0 Å². The molecule has 2 unspecified atom stereocenters. The van der Waals surface area contributed by atoms with Crippen molar-refractivity contribution in [3.05, 3.63) is 29.6 Å². The van der Waals surface area contributed by atoms with Crippen molar-refractivity contribution in [3.8, 4) is 0 Å². The molecular formula is C15H24N4. The standard InChI is InChI=1S/C15H24N4/c1-4-17-15(19-14-9-11(14)2)18-8-6-13-5-7-16-10-12(13)3/h5,7,10-11,14H,4,6,8-9H2,1-3H3,(H2,17,18,19). The van der Waals surface area contributed by atoms with E-state index in [1.807, 2.05) is 12.4 Å². The van der Waals surface area contributed by atoms with E-state index < -0.39 is 0 Å². The lowest BCUT2D eigenvalue weighted by molar-refractivity contribution is 0.764. The van der Waals surface area contributed by atoms with Gasteiger partial charge in [0, 0.05) is 31.5 Å². The van der Waals surface area contributed by atoms with E-state index in [2.05, 4.69) is 47.4 Å². The van der Waals surface area contributed by atoms with Gasteiger partial charge in [-0.2, -0.15) is 0 Å². The van der Waals surface area contributed by atoms with Crippen molar-refractivity contribution in [2.75, 3.05) is 13.1 Å². The van der Waals surface area contributed by atoms with Gasteiger partial charge in [0.05, 0.1) is 0 Å². The van der Waals surface area contributed by atoms with Crippen molar-refractivity contribution in [2.24, 2.45) is 10.9 Å². The van der Waals surface area contributed by atoms with Crippen LogP contribution in [0.1, 0.15) is 31.4 Å². The highest BCUT2D eigenvalue weighted by molar-refractivity contribution is 5.80. The maximum absolute atomic E-state index is 4.64. The third kappa shape index (κ3) is 4.23. The number of nitrogens with one attached hydrogen (secondary N) is 2. The Labute approximate surface area is 115 Å². The minimum absolute atomic E-state index is 0.612. The van der Waals surface area contributed by atoms with Gasteiger partial charge in [-0.25, -0.2) is 0 Å². The topological polar surface area (TPSA) is 49.3 Å². The Bertz CT molecular complexity index is 442. The third-order valence-electron chi connectivity index (χ3n) is 3.56. The molecule has 0 aromatic carbocycles. The summed E-state index contributed by atoms with van der Waals surface area (Å²) in [6, 6.07) is 2.69. The molecule has 2 N–H and O–H groups in total. The zero-order valence-electron chi connectivity index (χ0n) is 12.1. The molecule has 0 amide bonds. The molecule has 1 aliphatic carbocycles. The van der Waals surface area contributed by atoms with Gasteiger partial charge in [-0.15, -0.1) is 0 Å². The number of guanidine groups is 1. The number of aromatic nitrogens is 1. The Kier molecular flexibility index (Phi) is 4.77. The first-order chi connectivity index (χ1) is 9.20. The summed E-state index contributed by atoms with van der Waals surface area (Å²) in [7, 11) is 0. The van der Waals surface area contributed by atoms with Crippen LogP contribution in [0.25, 0.3) is 0 Å². The summed E-state index contributed by atoms with van der Waals surface area (Å²) < 4.78 is 0. The second kappa shape index (κ2) is 6.55. The molecule has 0 spiro atoms. The van der Waals surface area contributed by atoms with E-state index >= 15 is 0 Å². The summed E-state index contributed by atoms with van der Waals surface area (Å²) in [5.74, 6) is 1.73. The molecule has 1 aromatic rings. The number of hydrogen-bond acceptors (Lipinski definition) is 2. The Balaban J connectivity index is 1.85. The molecule has 1 aliphatic rings. The molecule has 1 fully saturated rings. The maximum atomic E-state index is 4.64. The Hall–Kier alpha value is -1.58. The second-order valence-electron chi connectivity index (χ2n) is 5.28. The fraction of sp³-hybridized carbons (Fsp3) is 0.600. The zero-order valence-corrected chi connectivity index (χ0v) is 12.1. The van der Waals surface area contributed by atoms with Gasteiger partial charge in [0.15, 0.2) is 5.96 Å². The predicted molar refractivity (Wildman–Crippen MR) is 79.4 cm³/mol. The fourth-order valence-corrected chi connectivity index (χ4v) is 2.09. The predicted octanol–water partition coefficient (Wildman–Crippen LogP) is 1.90. The average molecular weight is 260 g/mol. The minimum atomic E-state index is 0.612. The average Bonchev–Trinajstić information content (AvgIpc) is 3.07. The molecule has 0 radical (unpaired) electrons. The van der Waals surface area contributed by atoms with Crippen molar-refractivity contribution in [3.63, 3.8) is 0 Å². The molecule has 19 heavy (non-hydrogen) atoms. The van der Waals surface area contributed by atoms with Crippen molar-refractivity contribution in [1.29, 1.82) is 0 Å². The largest absolute Gasteiger partial charge is 0.357 e. The first-order valence-corrected chi connectivity index (χ1v) is 7.15. The van der Waals surface area contributed by atoms with Crippen LogP contribution < -0.4 is 10.6 Å². The molecule has 0 bridgehead atoms. The van der Waals surface area contributed by atoms with Crippen LogP contribution in [-0.4, -0.2) is 30.1 Å². The van der Waals surface area contributed by atoms with Crippen molar-refractivity contribution in [2.45, 2.75) is 39.7 Å². The van der Waals surface area contributed by atoms with E-state index in [0.717, 1.165) is 31.4 Å². The maximum Gasteiger partial charge on any atom is 0.191 e. The Morgan fingerprint density at radius 1 is 1.53 bits per heavy atom. The monoisotopic (exact) mass is 260 g/mol. The van der Waals surface area contributed by atoms with Crippen molar-refractivity contribution >= 4 is 5.96 Å². The van der Waals surface area contributed by atoms with Crippen LogP contribution in [0.3, 0.4) is 0 Å². The molecule has 0 aliphatic heterocycles. The van der Waals surface area contributed by atoms with E-state index in [0.29, 0.717) is 6.04 Å². The van der Waals surface area contributed by atoms with E-state index in [-0.39, 0.29) is 0 Å². The molecular weight excluding hydrogens is 236 g/mol. The Morgan fingerprint density at radius 2 is 2.32 bits per heavy atom. The lowest BCUT2D eigenvalue weighted by Crippen LogP contribution is -2.39. The molecule has 2 rings (SSSR count). The summed E-state index contributed by atoms with van der Waals surface area (Å²) >= 11 is 0. The van der Waals surface area contributed by atoms with E-state index in [1.54, 1.807) is 0 Å². The molecule has 0 saturated heterocycles. The first-order valence-electron chi connectivity index (χ1n) is 7.15. The van der Waals surface area contributed by atoms with Gasteiger partial charge < -0.3 is 10.6 Å². The van der Waals surface area contributed by atoms with Gasteiger partial charge in [0.1, 0.15) is 0 Å². The quantitative estimate of drug-likeness (QED) is 0.628.